The van der Waals surface area contributed by atoms with Crippen molar-refractivity contribution < 1.29 is 9.90 Å². The number of nitrogens with zero attached hydrogens (tertiary/aromatic N) is 4. The fourth-order valence-corrected chi connectivity index (χ4v) is 2.63. The molecule has 0 aliphatic heterocycles. The molecule has 110 valence electrons. The van der Waals surface area contributed by atoms with Crippen LogP contribution in [0.2, 0.25) is 0 Å². The summed E-state index contributed by atoms with van der Waals surface area (Å²) in [6, 6.07) is 1.47. The zero-order chi connectivity index (χ0) is 14.8. The fraction of sp³-hybridized carbons (Fsp3) is 0.429. The Bertz CT molecular complexity index is 621. The Kier molecular flexibility index (Phi) is 3.66. The number of rotatable bonds is 4. The fourth-order valence-electron chi connectivity index (χ4n) is 2.63. The molecule has 1 aliphatic carbocycles. The van der Waals surface area contributed by atoms with E-state index in [1.54, 1.807) is 16.9 Å². The van der Waals surface area contributed by atoms with Crippen LogP contribution in [0.1, 0.15) is 34.8 Å². The topological polar surface area (TPSA) is 92.9 Å². The van der Waals surface area contributed by atoms with Gasteiger partial charge in [0.15, 0.2) is 0 Å². The van der Waals surface area contributed by atoms with Gasteiger partial charge in [-0.15, -0.1) is 0 Å². The van der Waals surface area contributed by atoms with E-state index in [9.17, 15) is 9.90 Å². The molecule has 7 nitrogen and oxygen atoms in total. The van der Waals surface area contributed by atoms with E-state index < -0.39 is 0 Å². The quantitative estimate of drug-likeness (QED) is 0.851. The molecule has 0 radical (unpaired) electrons. The second kappa shape index (κ2) is 5.61. The Labute approximate surface area is 122 Å². The van der Waals surface area contributed by atoms with Gasteiger partial charge in [-0.2, -0.15) is 15.3 Å². The van der Waals surface area contributed by atoms with Crippen molar-refractivity contribution in [2.24, 2.45) is 13.0 Å². The summed E-state index contributed by atoms with van der Waals surface area (Å²) in [5.41, 5.74) is 1.42. The van der Waals surface area contributed by atoms with Crippen LogP contribution in [0.3, 0.4) is 0 Å². The molecule has 1 atom stereocenters. The largest absolute Gasteiger partial charge is 0.393 e. The van der Waals surface area contributed by atoms with Crippen LogP contribution in [0.4, 0.5) is 0 Å². The molecule has 0 aromatic carbocycles. The number of hydrogen-bond acceptors (Lipinski definition) is 5. The summed E-state index contributed by atoms with van der Waals surface area (Å²) < 4.78 is 1.71. The number of amides is 1. The summed E-state index contributed by atoms with van der Waals surface area (Å²) in [4.78, 5) is 12.3. The van der Waals surface area contributed by atoms with Gasteiger partial charge < -0.3 is 10.4 Å². The lowest BCUT2D eigenvalue weighted by molar-refractivity contribution is 0.0235. The lowest BCUT2D eigenvalue weighted by Gasteiger charge is -2.37. The third-order valence-electron chi connectivity index (χ3n) is 3.84. The highest BCUT2D eigenvalue weighted by Gasteiger charge is 2.36. The smallest absolute Gasteiger partial charge is 0.253 e. The van der Waals surface area contributed by atoms with Crippen LogP contribution in [-0.4, -0.2) is 37.1 Å². The second-order valence-electron chi connectivity index (χ2n) is 5.41. The first kappa shape index (κ1) is 13.7. The number of carbonyl (C=O) groups is 1. The van der Waals surface area contributed by atoms with Gasteiger partial charge in [-0.3, -0.25) is 9.48 Å². The lowest BCUT2D eigenvalue weighted by Crippen LogP contribution is -2.41. The number of carbonyl (C=O) groups excluding carboxylic acids is 1. The summed E-state index contributed by atoms with van der Waals surface area (Å²) in [5.74, 6) is 0.0306. The molecule has 7 heteroatoms. The highest BCUT2D eigenvalue weighted by Crippen LogP contribution is 2.38. The van der Waals surface area contributed by atoms with Crippen molar-refractivity contribution in [3.05, 3.63) is 42.0 Å². The SMILES string of the molecule is Cn1cc([C@@H](NC(=O)c2ccnnc2)C2CC(O)C2)cn1. The Morgan fingerprint density at radius 3 is 2.81 bits per heavy atom. The highest BCUT2D eigenvalue weighted by atomic mass is 16.3. The van der Waals surface area contributed by atoms with E-state index in [1.807, 2.05) is 13.2 Å². The Morgan fingerprint density at radius 1 is 1.43 bits per heavy atom. The van der Waals surface area contributed by atoms with Crippen LogP contribution in [-0.2, 0) is 7.05 Å². The minimum Gasteiger partial charge on any atom is -0.393 e. The molecule has 1 fully saturated rings. The highest BCUT2D eigenvalue weighted by molar-refractivity contribution is 5.94. The van der Waals surface area contributed by atoms with E-state index in [4.69, 9.17) is 0 Å². The Hall–Kier alpha value is -2.28. The number of hydrogen-bond donors (Lipinski definition) is 2. The third-order valence-corrected chi connectivity index (χ3v) is 3.84. The van der Waals surface area contributed by atoms with E-state index in [0.717, 1.165) is 5.56 Å². The average Bonchev–Trinajstić information content (AvgIpc) is 2.89. The average molecular weight is 287 g/mol. The van der Waals surface area contributed by atoms with Gasteiger partial charge in [0.2, 0.25) is 0 Å². The molecule has 0 bridgehead atoms. The van der Waals surface area contributed by atoms with Crippen LogP contribution in [0.5, 0.6) is 0 Å². The van der Waals surface area contributed by atoms with Gasteiger partial charge in [0.1, 0.15) is 0 Å². The number of nitrogens with one attached hydrogen (secondary N) is 1. The van der Waals surface area contributed by atoms with Gasteiger partial charge in [-0.25, -0.2) is 0 Å². The van der Waals surface area contributed by atoms with Gasteiger partial charge in [-0.05, 0) is 24.8 Å². The van der Waals surface area contributed by atoms with Gasteiger partial charge in [-0.1, -0.05) is 0 Å². The lowest BCUT2D eigenvalue weighted by atomic mass is 9.75. The zero-order valence-corrected chi connectivity index (χ0v) is 11.7. The van der Waals surface area contributed by atoms with E-state index in [0.29, 0.717) is 18.4 Å². The van der Waals surface area contributed by atoms with Gasteiger partial charge in [0.05, 0.1) is 36.3 Å². The van der Waals surface area contributed by atoms with Gasteiger partial charge in [0, 0.05) is 18.8 Å². The first-order valence-corrected chi connectivity index (χ1v) is 6.87. The molecule has 2 N–H and O–H groups in total. The number of aryl methyl sites for hydroxylation is 1. The molecular weight excluding hydrogens is 270 g/mol. The molecule has 0 saturated heterocycles. The van der Waals surface area contributed by atoms with Gasteiger partial charge >= 0.3 is 0 Å². The van der Waals surface area contributed by atoms with E-state index in [1.165, 1.54) is 12.4 Å². The first-order valence-electron chi connectivity index (χ1n) is 6.87. The molecule has 2 aromatic rings. The number of aliphatic hydroxyl groups is 1. The van der Waals surface area contributed by atoms with Crippen molar-refractivity contribution >= 4 is 5.91 Å². The molecule has 1 amide bonds. The van der Waals surface area contributed by atoms with Crippen molar-refractivity contribution in [3.63, 3.8) is 0 Å². The molecule has 1 saturated carbocycles. The van der Waals surface area contributed by atoms with Crippen molar-refractivity contribution in [1.29, 1.82) is 0 Å². The number of aliphatic hydroxyl groups excluding tert-OH is 1. The molecular formula is C14H17N5O2. The maximum absolute atomic E-state index is 12.3. The minimum atomic E-state index is -0.270. The van der Waals surface area contributed by atoms with Crippen molar-refractivity contribution in [1.82, 2.24) is 25.3 Å². The minimum absolute atomic E-state index is 0.150. The molecule has 0 unspecified atom stereocenters. The van der Waals surface area contributed by atoms with Crippen LogP contribution in [0, 0.1) is 5.92 Å². The molecule has 0 spiro atoms. The summed E-state index contributed by atoms with van der Waals surface area (Å²) >= 11 is 0. The molecule has 1 aliphatic rings. The Balaban J connectivity index is 1.78. The van der Waals surface area contributed by atoms with Crippen LogP contribution < -0.4 is 5.32 Å². The number of aromatic nitrogens is 4. The predicted octanol–water partition coefficient (Wildman–Crippen LogP) is 0.452. The maximum atomic E-state index is 12.3. The zero-order valence-electron chi connectivity index (χ0n) is 11.7. The van der Waals surface area contributed by atoms with Crippen molar-refractivity contribution in [2.75, 3.05) is 0 Å². The first-order chi connectivity index (χ1) is 10.1. The second-order valence-corrected chi connectivity index (χ2v) is 5.41. The summed E-state index contributed by atoms with van der Waals surface area (Å²) in [5, 5.41) is 24.1. The van der Waals surface area contributed by atoms with Crippen LogP contribution in [0.25, 0.3) is 0 Å². The molecule has 2 aromatic heterocycles. The van der Waals surface area contributed by atoms with Crippen LogP contribution in [0.15, 0.2) is 30.9 Å². The third kappa shape index (κ3) is 2.92. The summed E-state index contributed by atoms with van der Waals surface area (Å²) in [6.07, 6.45) is 7.67. The molecule has 21 heavy (non-hydrogen) atoms. The normalized spacial score (nSPS) is 22.4. The van der Waals surface area contributed by atoms with E-state index >= 15 is 0 Å². The van der Waals surface area contributed by atoms with Crippen LogP contribution >= 0.6 is 0 Å². The summed E-state index contributed by atoms with van der Waals surface area (Å²) in [6.45, 7) is 0. The predicted molar refractivity (Wildman–Crippen MR) is 74.2 cm³/mol. The van der Waals surface area contributed by atoms with E-state index in [2.05, 4.69) is 20.6 Å². The molecule has 3 rings (SSSR count). The maximum Gasteiger partial charge on any atom is 0.253 e. The standard InChI is InChI=1S/C14H17N5O2/c1-19-8-11(7-17-19)13(10-4-12(20)5-10)18-14(21)9-2-3-15-16-6-9/h2-3,6-8,10,12-13,20H,4-5H2,1H3,(H,18,21)/t10?,12?,13-/m0/s1. The summed E-state index contributed by atoms with van der Waals surface area (Å²) in [7, 11) is 1.84. The Morgan fingerprint density at radius 2 is 2.24 bits per heavy atom. The van der Waals surface area contributed by atoms with E-state index in [-0.39, 0.29) is 24.0 Å². The monoisotopic (exact) mass is 287 g/mol. The van der Waals surface area contributed by atoms with Crippen molar-refractivity contribution in [3.8, 4) is 0 Å². The van der Waals surface area contributed by atoms with Crippen molar-refractivity contribution in [2.45, 2.75) is 25.0 Å². The van der Waals surface area contributed by atoms with Gasteiger partial charge in [0.25, 0.3) is 5.91 Å². The molecule has 2 heterocycles.